The van der Waals surface area contributed by atoms with Crippen molar-refractivity contribution >= 4 is 0 Å². The van der Waals surface area contributed by atoms with E-state index in [1.54, 1.807) is 0 Å². The standard InChI is InChI=1S/C27H28N6O.C2H6O2.2Zn/c1-5-13-28-22(9-1)17-32(18-23-10-2-6-14-29-23)20-25-21-33(19-24-11-3-7-15-30-24)27(34-25)26-12-4-8-16-31-26;1-2(3)4;;/h1-16,25,27H,17-21H2;2-4H,1H3;;/t25-,27?;;;/m1.../s1. The number of hydrogen-bond donors (Lipinski definition) is 2. The normalized spacial score (nSPS) is 16.5. The van der Waals surface area contributed by atoms with Crippen LogP contribution in [0.1, 0.15) is 35.9 Å². The Balaban J connectivity index is 0.000000877. The molecule has 1 aliphatic rings. The zero-order valence-corrected chi connectivity index (χ0v) is 28.8. The van der Waals surface area contributed by atoms with Gasteiger partial charge in [0.2, 0.25) is 0 Å². The monoisotopic (exact) mass is 642 g/mol. The summed E-state index contributed by atoms with van der Waals surface area (Å²) in [5, 5.41) is 15.2. The topological polar surface area (TPSA) is 108 Å². The maximum absolute atomic E-state index is 7.61. The molecule has 4 aromatic heterocycles. The van der Waals surface area contributed by atoms with E-state index in [0.717, 1.165) is 49.0 Å². The van der Waals surface area contributed by atoms with E-state index in [-0.39, 0.29) is 51.3 Å². The van der Waals surface area contributed by atoms with Crippen molar-refractivity contribution in [1.29, 1.82) is 0 Å². The summed E-state index contributed by atoms with van der Waals surface area (Å²) in [6.07, 6.45) is 5.97. The van der Waals surface area contributed by atoms with Gasteiger partial charge in [0, 0.05) is 96.5 Å². The maximum atomic E-state index is 7.61. The molecule has 0 amide bonds. The van der Waals surface area contributed by atoms with E-state index in [1.807, 2.05) is 79.4 Å². The molecule has 9 nitrogen and oxygen atoms in total. The summed E-state index contributed by atoms with van der Waals surface area (Å²) in [5.74, 6) is 0. The third-order valence-corrected chi connectivity index (χ3v) is 5.81. The summed E-state index contributed by atoms with van der Waals surface area (Å²) in [4.78, 5) is 22.8. The van der Waals surface area contributed by atoms with Gasteiger partial charge in [0.25, 0.3) is 0 Å². The van der Waals surface area contributed by atoms with Crippen molar-refractivity contribution in [3.8, 4) is 0 Å². The minimum absolute atomic E-state index is 0. The Morgan fingerprint density at radius 1 is 0.775 bits per heavy atom. The fourth-order valence-corrected chi connectivity index (χ4v) is 4.31. The molecule has 1 saturated heterocycles. The number of rotatable bonds is 9. The van der Waals surface area contributed by atoms with Gasteiger partial charge in [-0.1, -0.05) is 24.3 Å². The van der Waals surface area contributed by atoms with Crippen LogP contribution in [0.4, 0.5) is 0 Å². The quantitative estimate of drug-likeness (QED) is 0.210. The number of pyridine rings is 4. The second-order valence-electron chi connectivity index (χ2n) is 9.06. The van der Waals surface area contributed by atoms with Crippen LogP contribution >= 0.6 is 0 Å². The average Bonchev–Trinajstić information content (AvgIpc) is 3.32. The van der Waals surface area contributed by atoms with Crippen LogP contribution in [-0.4, -0.2) is 65.4 Å². The van der Waals surface area contributed by atoms with E-state index in [1.165, 1.54) is 6.92 Å². The third-order valence-electron chi connectivity index (χ3n) is 5.81. The minimum Gasteiger partial charge on any atom is -0.368 e. The summed E-state index contributed by atoms with van der Waals surface area (Å²) in [5.41, 5.74) is 4.00. The van der Waals surface area contributed by atoms with E-state index >= 15 is 0 Å². The summed E-state index contributed by atoms with van der Waals surface area (Å²) >= 11 is 0. The molecule has 202 valence electrons. The van der Waals surface area contributed by atoms with Gasteiger partial charge in [-0.15, -0.1) is 0 Å². The first-order valence-corrected chi connectivity index (χ1v) is 12.7. The predicted molar refractivity (Wildman–Crippen MR) is 143 cm³/mol. The van der Waals surface area contributed by atoms with Gasteiger partial charge in [0.15, 0.2) is 6.23 Å². The molecule has 4 aromatic rings. The Labute approximate surface area is 261 Å². The molecule has 5 heterocycles. The smallest absolute Gasteiger partial charge is 0.154 e. The predicted octanol–water partition coefficient (Wildman–Crippen LogP) is 3.18. The molecule has 11 heteroatoms. The van der Waals surface area contributed by atoms with E-state index in [4.69, 9.17) is 14.9 Å². The van der Waals surface area contributed by atoms with Crippen molar-refractivity contribution in [3.63, 3.8) is 0 Å². The van der Waals surface area contributed by atoms with Gasteiger partial charge < -0.3 is 14.9 Å². The Kier molecular flexibility index (Phi) is 15.4. The van der Waals surface area contributed by atoms with Crippen molar-refractivity contribution in [2.24, 2.45) is 0 Å². The van der Waals surface area contributed by atoms with Crippen molar-refractivity contribution in [2.45, 2.75) is 45.2 Å². The summed E-state index contributed by atoms with van der Waals surface area (Å²) in [6, 6.07) is 24.0. The Bertz CT molecular complexity index is 1150. The van der Waals surface area contributed by atoms with E-state index < -0.39 is 6.29 Å². The van der Waals surface area contributed by atoms with Crippen LogP contribution in [0.5, 0.6) is 0 Å². The van der Waals surface area contributed by atoms with E-state index in [2.05, 4.69) is 47.9 Å². The Morgan fingerprint density at radius 3 is 1.70 bits per heavy atom. The third kappa shape index (κ3) is 11.3. The first-order chi connectivity index (χ1) is 18.6. The molecule has 2 atom stereocenters. The van der Waals surface area contributed by atoms with Crippen LogP contribution in [0.3, 0.4) is 0 Å². The van der Waals surface area contributed by atoms with E-state index in [0.29, 0.717) is 6.54 Å². The average molecular weight is 645 g/mol. The van der Waals surface area contributed by atoms with Crippen LogP contribution in [-0.2, 0) is 63.3 Å². The number of ether oxygens (including phenoxy) is 1. The zero-order valence-electron chi connectivity index (χ0n) is 22.9. The summed E-state index contributed by atoms with van der Waals surface area (Å²) < 4.78 is 6.59. The molecule has 1 unspecified atom stereocenters. The van der Waals surface area contributed by atoms with Crippen LogP contribution in [0.2, 0.25) is 0 Å². The molecule has 0 aliphatic carbocycles. The molecule has 0 bridgehead atoms. The molecular formula is C29H34N6O3Zn2. The number of aliphatic hydroxyl groups excluding tert-OH is 1. The maximum Gasteiger partial charge on any atom is 0.154 e. The van der Waals surface area contributed by atoms with Crippen LogP contribution < -0.4 is 0 Å². The Morgan fingerprint density at radius 2 is 1.25 bits per heavy atom. The van der Waals surface area contributed by atoms with Gasteiger partial charge in [-0.2, -0.15) is 0 Å². The van der Waals surface area contributed by atoms with Crippen molar-refractivity contribution in [3.05, 3.63) is 120 Å². The van der Waals surface area contributed by atoms with Crippen LogP contribution in [0.15, 0.2) is 97.6 Å². The zero-order chi connectivity index (χ0) is 26.6. The largest absolute Gasteiger partial charge is 0.368 e. The number of nitrogens with zero attached hydrogens (tertiary/aromatic N) is 6. The van der Waals surface area contributed by atoms with E-state index in [9.17, 15) is 0 Å². The van der Waals surface area contributed by atoms with Gasteiger partial charge in [-0.05, 0) is 55.5 Å². The fraction of sp³-hybridized carbons (Fsp3) is 0.310. The summed E-state index contributed by atoms with van der Waals surface area (Å²) in [7, 11) is 0. The van der Waals surface area contributed by atoms with Crippen LogP contribution in [0.25, 0.3) is 0 Å². The second-order valence-corrected chi connectivity index (χ2v) is 9.06. The van der Waals surface area contributed by atoms with Gasteiger partial charge in [0.05, 0.1) is 28.9 Å². The fourth-order valence-electron chi connectivity index (χ4n) is 4.31. The van der Waals surface area contributed by atoms with Crippen molar-refractivity contribution < 1.29 is 53.9 Å². The first-order valence-electron chi connectivity index (χ1n) is 12.7. The molecule has 0 spiro atoms. The number of hydrogen-bond acceptors (Lipinski definition) is 9. The first kappa shape index (κ1) is 33.9. The molecule has 1 fully saturated rings. The molecule has 0 saturated carbocycles. The van der Waals surface area contributed by atoms with Crippen LogP contribution in [0, 0.1) is 0 Å². The van der Waals surface area contributed by atoms with Crippen molar-refractivity contribution in [1.82, 2.24) is 29.7 Å². The number of aliphatic hydroxyl groups is 2. The summed E-state index contributed by atoms with van der Waals surface area (Å²) in [6.45, 7) is 4.99. The van der Waals surface area contributed by atoms with Gasteiger partial charge in [-0.3, -0.25) is 29.7 Å². The Hall–Kier alpha value is -2.35. The molecule has 0 aromatic carbocycles. The molecular weight excluding hydrogens is 611 g/mol. The molecule has 1 aliphatic heterocycles. The van der Waals surface area contributed by atoms with Gasteiger partial charge in [0.1, 0.15) is 6.29 Å². The second kappa shape index (κ2) is 18.2. The molecule has 0 radical (unpaired) electrons. The molecule has 2 N–H and O–H groups in total. The van der Waals surface area contributed by atoms with Gasteiger partial charge in [-0.25, -0.2) is 0 Å². The SMILES string of the molecule is CC(O)O.[Zn].[Zn].c1ccc(CN(Cc2ccccn2)C[C@@H]2CN(Cc3ccccn3)C(c3ccccn3)O2)nc1. The van der Waals surface area contributed by atoms with Crippen molar-refractivity contribution in [2.75, 3.05) is 13.1 Å². The molecule has 40 heavy (non-hydrogen) atoms. The number of aromatic nitrogens is 4. The van der Waals surface area contributed by atoms with Gasteiger partial charge >= 0.3 is 0 Å². The molecule has 5 rings (SSSR count). The minimum atomic E-state index is -1.17.